The summed E-state index contributed by atoms with van der Waals surface area (Å²) in [4.78, 5) is 16.6. The van der Waals surface area contributed by atoms with Crippen LogP contribution in [-0.2, 0) is 17.6 Å². The summed E-state index contributed by atoms with van der Waals surface area (Å²) in [7, 11) is 3.41. The maximum atomic E-state index is 10.6. The molecule has 1 aromatic heterocycles. The maximum absolute atomic E-state index is 10.6. The Hall–Kier alpha value is -3.35. The van der Waals surface area contributed by atoms with Crippen molar-refractivity contribution in [3.8, 4) is 34.7 Å². The summed E-state index contributed by atoms with van der Waals surface area (Å²) >= 11 is 1.05. The van der Waals surface area contributed by atoms with Gasteiger partial charge in [-0.3, -0.25) is 9.93 Å². The van der Waals surface area contributed by atoms with Gasteiger partial charge in [0.2, 0.25) is 11.7 Å². The van der Waals surface area contributed by atoms with Gasteiger partial charge in [-0.1, -0.05) is 35.3 Å². The van der Waals surface area contributed by atoms with Crippen LogP contribution >= 0.6 is 11.9 Å². The highest BCUT2D eigenvalue weighted by molar-refractivity contribution is 7.97. The van der Waals surface area contributed by atoms with Crippen LogP contribution in [0.5, 0.6) is 5.75 Å². The number of rotatable bonds is 6. The summed E-state index contributed by atoms with van der Waals surface area (Å²) in [5.74, 6) is 1.99. The van der Waals surface area contributed by atoms with Gasteiger partial charge in [-0.25, -0.2) is 0 Å². The van der Waals surface area contributed by atoms with Gasteiger partial charge in [0, 0.05) is 25.2 Å². The minimum atomic E-state index is 0.00290. The van der Waals surface area contributed by atoms with Gasteiger partial charge in [0.15, 0.2) is 0 Å². The Kier molecular flexibility index (Phi) is 8.68. The number of carbonyl (C=O) groups excluding carboxylic acids is 1. The minimum Gasteiger partial charge on any atom is -0.490 e. The summed E-state index contributed by atoms with van der Waals surface area (Å²) in [6.45, 7) is 3.86. The molecule has 0 radical (unpaired) electrons. The van der Waals surface area contributed by atoms with Crippen molar-refractivity contribution >= 4 is 17.9 Å². The Morgan fingerprint density at radius 1 is 1.29 bits per heavy atom. The fourth-order valence-electron chi connectivity index (χ4n) is 3.59. The van der Waals surface area contributed by atoms with Gasteiger partial charge in [0.1, 0.15) is 11.8 Å². The molecule has 0 bridgehead atoms. The molecule has 1 aliphatic carbocycles. The van der Waals surface area contributed by atoms with Crippen LogP contribution in [0, 0.1) is 11.3 Å². The lowest BCUT2D eigenvalue weighted by atomic mass is 10.0. The van der Waals surface area contributed by atoms with Gasteiger partial charge in [-0.15, -0.1) is 0 Å². The van der Waals surface area contributed by atoms with Crippen LogP contribution in [0.4, 0.5) is 0 Å². The smallest absolute Gasteiger partial charge is 0.258 e. The Morgan fingerprint density at radius 3 is 2.74 bits per heavy atom. The monoisotopic (exact) mass is 479 g/mol. The van der Waals surface area contributed by atoms with Crippen LogP contribution < -0.4 is 9.88 Å². The Balaban J connectivity index is 0.000000350. The predicted octanol–water partition coefficient (Wildman–Crippen LogP) is 4.23. The lowest BCUT2D eigenvalue weighted by Crippen LogP contribution is -2.23. The normalized spacial score (nSPS) is 11.9. The molecule has 3 aromatic rings. The molecule has 0 aliphatic heterocycles. The molecule has 1 amide bonds. The Morgan fingerprint density at radius 2 is 2.09 bits per heavy atom. The second-order valence-electron chi connectivity index (χ2n) is 8.31. The van der Waals surface area contributed by atoms with Crippen molar-refractivity contribution in [3.63, 3.8) is 0 Å². The summed E-state index contributed by atoms with van der Waals surface area (Å²) in [6.07, 6.45) is 3.33. The summed E-state index contributed by atoms with van der Waals surface area (Å²) in [6, 6.07) is 13.8. The molecule has 1 heterocycles. The summed E-state index contributed by atoms with van der Waals surface area (Å²) in [5.41, 5.74) is 4.89. The van der Waals surface area contributed by atoms with E-state index in [1.807, 2.05) is 32.0 Å². The number of ether oxygens (including phenoxy) is 1. The molecule has 34 heavy (non-hydrogen) atoms. The molecule has 0 saturated heterocycles. The van der Waals surface area contributed by atoms with E-state index >= 15 is 0 Å². The first kappa shape index (κ1) is 25.3. The first-order valence-electron chi connectivity index (χ1n) is 11.0. The molecular weight excluding hydrogens is 450 g/mol. The third-order valence-electron chi connectivity index (χ3n) is 5.23. The van der Waals surface area contributed by atoms with E-state index in [-0.39, 0.29) is 12.0 Å². The van der Waals surface area contributed by atoms with Gasteiger partial charge < -0.3 is 14.2 Å². The van der Waals surface area contributed by atoms with Crippen LogP contribution in [0.15, 0.2) is 40.9 Å². The number of amides is 1. The topological polar surface area (TPSA) is 118 Å². The fraction of sp³-hybridized carbons (Fsp3) is 0.360. The molecular formula is C25H29N5O3S. The van der Waals surface area contributed by atoms with E-state index < -0.39 is 0 Å². The molecule has 1 aliphatic rings. The first-order chi connectivity index (χ1) is 16.3. The molecule has 0 atom stereocenters. The van der Waals surface area contributed by atoms with Gasteiger partial charge >= 0.3 is 0 Å². The molecule has 0 unspecified atom stereocenters. The van der Waals surface area contributed by atoms with Gasteiger partial charge in [0.25, 0.3) is 5.89 Å². The van der Waals surface area contributed by atoms with Gasteiger partial charge in [-0.2, -0.15) is 10.2 Å². The highest BCUT2D eigenvalue weighted by Crippen LogP contribution is 2.32. The van der Waals surface area contributed by atoms with E-state index in [2.05, 4.69) is 22.3 Å². The maximum Gasteiger partial charge on any atom is 0.258 e. The number of fused-ring (bicyclic) bond motifs is 1. The number of aryl methyl sites for hydroxylation is 1. The van der Waals surface area contributed by atoms with Crippen molar-refractivity contribution in [1.82, 2.24) is 15.0 Å². The lowest BCUT2D eigenvalue weighted by molar-refractivity contribution is -0.125. The molecule has 4 rings (SSSR count). The second-order valence-corrected chi connectivity index (χ2v) is 8.93. The average molecular weight is 480 g/mol. The van der Waals surface area contributed by atoms with Crippen molar-refractivity contribution in [2.24, 2.45) is 5.14 Å². The molecule has 8 nitrogen and oxygen atoms in total. The molecule has 2 aromatic carbocycles. The molecule has 0 fully saturated rings. The number of nitrogens with zero attached hydrogens (tertiary/aromatic N) is 4. The van der Waals surface area contributed by atoms with E-state index in [9.17, 15) is 10.1 Å². The van der Waals surface area contributed by atoms with E-state index in [4.69, 9.17) is 14.4 Å². The number of nitrogens with two attached hydrogens (primary N) is 1. The van der Waals surface area contributed by atoms with Crippen molar-refractivity contribution in [2.45, 2.75) is 39.2 Å². The van der Waals surface area contributed by atoms with E-state index in [1.54, 1.807) is 26.2 Å². The van der Waals surface area contributed by atoms with E-state index in [0.29, 0.717) is 34.3 Å². The van der Waals surface area contributed by atoms with Crippen molar-refractivity contribution < 1.29 is 14.1 Å². The highest BCUT2D eigenvalue weighted by Gasteiger charge is 2.20. The fourth-order valence-corrected chi connectivity index (χ4v) is 3.99. The van der Waals surface area contributed by atoms with Crippen LogP contribution in [-0.4, -0.2) is 46.9 Å². The number of aromatic nitrogens is 2. The zero-order valence-corrected chi connectivity index (χ0v) is 20.7. The number of benzene rings is 2. The highest BCUT2D eigenvalue weighted by atomic mass is 32.2. The van der Waals surface area contributed by atoms with Crippen LogP contribution in [0.3, 0.4) is 0 Å². The number of hydrogen-bond donors (Lipinski definition) is 1. The molecule has 0 saturated carbocycles. The van der Waals surface area contributed by atoms with Gasteiger partial charge in [-0.05, 0) is 62.4 Å². The van der Waals surface area contributed by atoms with E-state index in [1.165, 1.54) is 22.4 Å². The third-order valence-corrected chi connectivity index (χ3v) is 5.64. The summed E-state index contributed by atoms with van der Waals surface area (Å²) in [5, 5.41) is 18.6. The number of carbonyl (C=O) groups is 1. The number of hydrogen-bond acceptors (Lipinski definition) is 8. The summed E-state index contributed by atoms with van der Waals surface area (Å²) < 4.78 is 11.1. The third kappa shape index (κ3) is 6.16. The largest absolute Gasteiger partial charge is 0.490 e. The van der Waals surface area contributed by atoms with Crippen LogP contribution in [0.1, 0.15) is 37.0 Å². The minimum absolute atomic E-state index is 0.00290. The quantitative estimate of drug-likeness (QED) is 0.522. The van der Waals surface area contributed by atoms with Crippen molar-refractivity contribution in [1.29, 1.82) is 5.26 Å². The predicted molar refractivity (Wildman–Crippen MR) is 133 cm³/mol. The zero-order valence-electron chi connectivity index (χ0n) is 19.9. The Bertz CT molecular complexity index is 1180. The van der Waals surface area contributed by atoms with Crippen LogP contribution in [0.25, 0.3) is 22.8 Å². The molecule has 2 N–H and O–H groups in total. The Labute approximate surface area is 204 Å². The molecule has 178 valence electrons. The lowest BCUT2D eigenvalue weighted by Gasteiger charge is -2.11. The second kappa shape index (κ2) is 11.7. The average Bonchev–Trinajstić information content (AvgIpc) is 3.49. The zero-order chi connectivity index (χ0) is 24.7. The standard InChI is InChI=1S/C21H19N3O2.C4H10N2OS/c1-13(2)25-19-10-9-15(11-16(19)12-22)21-23-20(24-26-21)18-8-4-6-14-5-3-7-17(14)18;1-6(2)4(7)3-8-5/h4,6,8-11,13H,3,5,7H2,1-2H3;3,5H2,1-2H3. The van der Waals surface area contributed by atoms with Crippen molar-refractivity contribution in [3.05, 3.63) is 53.1 Å². The van der Waals surface area contributed by atoms with Crippen LogP contribution in [0.2, 0.25) is 0 Å². The first-order valence-corrected chi connectivity index (χ1v) is 12.1. The SMILES string of the molecule is CC(C)Oc1ccc(-c2nc(-c3cccc4c3CCC4)no2)cc1C#N.CN(C)C(=O)CSN. The molecule has 9 heteroatoms. The van der Waals surface area contributed by atoms with E-state index in [0.717, 1.165) is 30.4 Å². The van der Waals surface area contributed by atoms with Gasteiger partial charge in [0.05, 0.1) is 17.4 Å². The molecule has 0 spiro atoms. The van der Waals surface area contributed by atoms with Crippen molar-refractivity contribution in [2.75, 3.05) is 19.8 Å². The number of nitriles is 1.